The quantitative estimate of drug-likeness (QED) is 0.384. The first kappa shape index (κ1) is 18.9. The molecule has 0 aromatic heterocycles. The molecule has 2 heterocycles. The number of nitrogens with one attached hydrogen (secondary N) is 4. The number of hydrogen-bond acceptors (Lipinski definition) is 5. The third-order valence-electron chi connectivity index (χ3n) is 5.51. The van der Waals surface area contributed by atoms with Gasteiger partial charge in [0, 0.05) is 17.4 Å². The van der Waals surface area contributed by atoms with E-state index in [4.69, 9.17) is 4.74 Å². The van der Waals surface area contributed by atoms with E-state index in [2.05, 4.69) is 21.5 Å². The van der Waals surface area contributed by atoms with E-state index in [-0.39, 0.29) is 17.7 Å². The zero-order valence-electron chi connectivity index (χ0n) is 16.1. The van der Waals surface area contributed by atoms with Crippen molar-refractivity contribution in [2.45, 2.75) is 18.1 Å². The monoisotopic (exact) mass is 420 g/mol. The number of fused-ring (bicyclic) bond motifs is 3. The normalized spacial score (nSPS) is 21.8. The Morgan fingerprint density at radius 3 is 2.71 bits per heavy atom. The summed E-state index contributed by atoms with van der Waals surface area (Å²) in [5.74, 6) is -1.64. The van der Waals surface area contributed by atoms with Crippen LogP contribution in [0.2, 0.25) is 0 Å². The molecular weight excluding hydrogens is 403 g/mol. The summed E-state index contributed by atoms with van der Waals surface area (Å²) in [6, 6.07) is 16.2. The van der Waals surface area contributed by atoms with Gasteiger partial charge in [-0.15, -0.1) is 0 Å². The molecule has 4 amide bonds. The van der Waals surface area contributed by atoms with Crippen LogP contribution in [0.3, 0.4) is 0 Å². The average molecular weight is 420 g/mol. The van der Waals surface area contributed by atoms with Crippen molar-refractivity contribution in [1.29, 1.82) is 0 Å². The lowest BCUT2D eigenvalue weighted by molar-refractivity contribution is -0.132. The number of anilines is 1. The predicted molar refractivity (Wildman–Crippen MR) is 109 cm³/mol. The second-order valence-electron chi connectivity index (χ2n) is 7.41. The van der Waals surface area contributed by atoms with Crippen molar-refractivity contribution in [3.8, 4) is 5.75 Å². The Balaban J connectivity index is 1.42. The Morgan fingerprint density at radius 1 is 1.10 bits per heavy atom. The van der Waals surface area contributed by atoms with Gasteiger partial charge in [0.1, 0.15) is 11.6 Å². The average Bonchev–Trinajstić information content (AvgIpc) is 3.05. The predicted octanol–water partition coefficient (Wildman–Crippen LogP) is 2.31. The molecule has 5 rings (SSSR count). The van der Waals surface area contributed by atoms with E-state index in [9.17, 15) is 18.8 Å². The summed E-state index contributed by atoms with van der Waals surface area (Å²) in [6.45, 7) is 0. The van der Waals surface area contributed by atoms with Crippen molar-refractivity contribution in [3.05, 3.63) is 72.0 Å². The van der Waals surface area contributed by atoms with E-state index in [1.165, 1.54) is 6.07 Å². The Bertz CT molecular complexity index is 1240. The Morgan fingerprint density at radius 2 is 1.90 bits per heavy atom. The molecule has 0 unspecified atom stereocenters. The number of imide groups is 1. The van der Waals surface area contributed by atoms with E-state index in [1.807, 2.05) is 42.5 Å². The summed E-state index contributed by atoms with van der Waals surface area (Å²) in [5.41, 5.74) is 4.76. The van der Waals surface area contributed by atoms with Gasteiger partial charge in [-0.2, -0.15) is 0 Å². The van der Waals surface area contributed by atoms with E-state index < -0.39 is 35.3 Å². The van der Waals surface area contributed by atoms with Crippen molar-refractivity contribution in [2.75, 3.05) is 5.43 Å². The zero-order valence-corrected chi connectivity index (χ0v) is 16.1. The number of carbonyl (C=O) groups is 3. The first-order valence-corrected chi connectivity index (χ1v) is 9.60. The van der Waals surface area contributed by atoms with Crippen LogP contribution in [0.1, 0.15) is 12.0 Å². The van der Waals surface area contributed by atoms with Gasteiger partial charge >= 0.3 is 6.03 Å². The van der Waals surface area contributed by atoms with Crippen LogP contribution in [0, 0.1) is 5.82 Å². The highest BCUT2D eigenvalue weighted by atomic mass is 19.1. The third-order valence-corrected chi connectivity index (χ3v) is 5.51. The number of carbonyl (C=O) groups excluding carboxylic acids is 3. The molecule has 3 aromatic rings. The van der Waals surface area contributed by atoms with Gasteiger partial charge in [-0.25, -0.2) is 9.18 Å². The van der Waals surface area contributed by atoms with Crippen molar-refractivity contribution < 1.29 is 23.5 Å². The van der Waals surface area contributed by atoms with Gasteiger partial charge in [-0.05, 0) is 29.7 Å². The van der Waals surface area contributed by atoms with Crippen molar-refractivity contribution in [1.82, 2.24) is 16.1 Å². The van der Waals surface area contributed by atoms with Crippen LogP contribution in [0.5, 0.6) is 5.75 Å². The number of halogens is 1. The maximum absolute atomic E-state index is 13.9. The van der Waals surface area contributed by atoms with Crippen LogP contribution in [0.4, 0.5) is 14.9 Å². The molecule has 0 radical (unpaired) electrons. The largest absolute Gasteiger partial charge is 0.480 e. The van der Waals surface area contributed by atoms with Crippen molar-refractivity contribution >= 4 is 34.3 Å². The molecule has 3 aromatic carbocycles. The Kier molecular flexibility index (Phi) is 4.25. The van der Waals surface area contributed by atoms with Gasteiger partial charge < -0.3 is 10.1 Å². The van der Waals surface area contributed by atoms with Gasteiger partial charge in [0.2, 0.25) is 0 Å². The minimum absolute atomic E-state index is 0.148. The summed E-state index contributed by atoms with van der Waals surface area (Å²) in [4.78, 5) is 37.3. The van der Waals surface area contributed by atoms with Gasteiger partial charge in [0.05, 0.1) is 5.69 Å². The molecule has 1 spiro atoms. The molecule has 156 valence electrons. The minimum Gasteiger partial charge on any atom is -0.480 e. The van der Waals surface area contributed by atoms with Gasteiger partial charge in [0.15, 0.2) is 11.6 Å². The second kappa shape index (κ2) is 6.98. The lowest BCUT2D eigenvalue weighted by atomic mass is 9.81. The number of urea groups is 1. The summed E-state index contributed by atoms with van der Waals surface area (Å²) >= 11 is 0. The molecular formula is C22H17FN4O4. The molecule has 1 saturated heterocycles. The van der Waals surface area contributed by atoms with Gasteiger partial charge in [-0.1, -0.05) is 36.4 Å². The first-order valence-electron chi connectivity index (χ1n) is 9.60. The van der Waals surface area contributed by atoms with Crippen molar-refractivity contribution in [3.63, 3.8) is 0 Å². The minimum atomic E-state index is -1.59. The van der Waals surface area contributed by atoms with E-state index in [0.717, 1.165) is 22.9 Å². The highest BCUT2D eigenvalue weighted by Crippen LogP contribution is 2.41. The van der Waals surface area contributed by atoms with Crippen LogP contribution >= 0.6 is 0 Å². The molecule has 4 N–H and O–H groups in total. The highest BCUT2D eigenvalue weighted by Gasteiger charge is 2.54. The fraction of sp³-hybridized carbons (Fsp3) is 0.136. The van der Waals surface area contributed by atoms with Gasteiger partial charge in [-0.3, -0.25) is 25.8 Å². The molecule has 2 atom stereocenters. The number of benzene rings is 3. The van der Waals surface area contributed by atoms with Crippen molar-refractivity contribution in [2.24, 2.45) is 0 Å². The molecule has 0 bridgehead atoms. The lowest BCUT2D eigenvalue weighted by Gasteiger charge is -2.36. The number of hydrogen-bond donors (Lipinski definition) is 4. The molecule has 8 nitrogen and oxygen atoms in total. The fourth-order valence-electron chi connectivity index (χ4n) is 4.04. The smallest absolute Gasteiger partial charge is 0.322 e. The maximum atomic E-state index is 13.9. The summed E-state index contributed by atoms with van der Waals surface area (Å²) in [7, 11) is 0. The molecule has 31 heavy (non-hydrogen) atoms. The summed E-state index contributed by atoms with van der Waals surface area (Å²) in [6.07, 6.45) is -1.30. The number of ether oxygens (including phenoxy) is 1. The fourth-order valence-corrected chi connectivity index (χ4v) is 4.04. The molecule has 2 aliphatic rings. The van der Waals surface area contributed by atoms with E-state index >= 15 is 0 Å². The van der Waals surface area contributed by atoms with E-state index in [1.54, 1.807) is 0 Å². The molecule has 9 heteroatoms. The van der Waals surface area contributed by atoms with Crippen LogP contribution < -0.4 is 26.2 Å². The standard InChI is InChI=1S/C22H17FN4O4/c23-13-8-9-17-15(10-13)22(20(29)24-21(30)25-22)11-18(31-17)19(28)27-26-16-7-3-5-12-4-1-2-6-14(12)16/h1-10,18,26H,11H2,(H,27,28)(H2,24,25,29,30)/t18-,22-/m0/s1. The highest BCUT2D eigenvalue weighted by molar-refractivity contribution is 6.08. The Labute approximate surface area is 175 Å². The number of rotatable bonds is 3. The molecule has 0 saturated carbocycles. The van der Waals surface area contributed by atoms with Crippen LogP contribution in [0.15, 0.2) is 60.7 Å². The Hall–Kier alpha value is -4.14. The van der Waals surface area contributed by atoms with E-state index in [0.29, 0.717) is 5.69 Å². The topological polar surface area (TPSA) is 109 Å². The first-order chi connectivity index (χ1) is 15.0. The molecule has 1 fully saturated rings. The molecule has 2 aliphatic heterocycles. The summed E-state index contributed by atoms with van der Waals surface area (Å²) < 4.78 is 19.6. The van der Waals surface area contributed by atoms with Crippen LogP contribution in [-0.2, 0) is 15.1 Å². The van der Waals surface area contributed by atoms with Gasteiger partial charge in [0.25, 0.3) is 11.8 Å². The van der Waals surface area contributed by atoms with Crippen LogP contribution in [0.25, 0.3) is 10.8 Å². The number of hydrazine groups is 1. The zero-order chi connectivity index (χ0) is 21.6. The van der Waals surface area contributed by atoms with Crippen LogP contribution in [-0.4, -0.2) is 23.9 Å². The molecule has 0 aliphatic carbocycles. The SMILES string of the molecule is O=C1NC(=O)[C@@]2(C[C@@H](C(=O)NNc3cccc4ccccc34)Oc3ccc(F)cc32)N1. The summed E-state index contributed by atoms with van der Waals surface area (Å²) in [5, 5.41) is 6.61. The lowest BCUT2D eigenvalue weighted by Crippen LogP contribution is -2.54. The second-order valence-corrected chi connectivity index (χ2v) is 7.41. The number of amides is 4. The third kappa shape index (κ3) is 3.10. The maximum Gasteiger partial charge on any atom is 0.322 e.